The number of amides is 1. The zero-order chi connectivity index (χ0) is 14.4. The number of nitrogens with one attached hydrogen (secondary N) is 1. The Bertz CT molecular complexity index is 587. The molecular formula is C15H13BrClNO2. The van der Waals surface area contributed by atoms with E-state index in [-0.39, 0.29) is 5.91 Å². The van der Waals surface area contributed by atoms with Crippen LogP contribution in [0.2, 0.25) is 5.02 Å². The highest BCUT2D eigenvalue weighted by Gasteiger charge is 2.04. The van der Waals surface area contributed by atoms with Gasteiger partial charge in [0.05, 0.1) is 6.54 Å². The van der Waals surface area contributed by atoms with Crippen molar-refractivity contribution in [2.75, 3.05) is 13.2 Å². The van der Waals surface area contributed by atoms with Crippen LogP contribution in [0, 0.1) is 0 Å². The quantitative estimate of drug-likeness (QED) is 0.827. The van der Waals surface area contributed by atoms with E-state index in [0.717, 1.165) is 10.2 Å². The van der Waals surface area contributed by atoms with Crippen LogP contribution in [0.5, 0.6) is 5.75 Å². The fraction of sp³-hybridized carbons (Fsp3) is 0.133. The first-order valence-corrected chi connectivity index (χ1v) is 7.24. The summed E-state index contributed by atoms with van der Waals surface area (Å²) in [4.78, 5) is 11.8. The number of ether oxygens (including phenoxy) is 1. The number of carbonyl (C=O) groups is 1. The molecular weight excluding hydrogens is 342 g/mol. The van der Waals surface area contributed by atoms with Crippen LogP contribution in [0.25, 0.3) is 0 Å². The highest BCUT2D eigenvalue weighted by molar-refractivity contribution is 9.10. The predicted octanol–water partition coefficient (Wildman–Crippen LogP) is 3.91. The zero-order valence-corrected chi connectivity index (χ0v) is 12.9. The topological polar surface area (TPSA) is 38.3 Å². The van der Waals surface area contributed by atoms with Crippen LogP contribution >= 0.6 is 27.5 Å². The van der Waals surface area contributed by atoms with Crippen molar-refractivity contribution in [1.82, 2.24) is 5.32 Å². The Balaban J connectivity index is 1.76. The lowest BCUT2D eigenvalue weighted by Crippen LogP contribution is -2.28. The second-order valence-corrected chi connectivity index (χ2v) is 5.42. The van der Waals surface area contributed by atoms with Gasteiger partial charge in [0.1, 0.15) is 12.4 Å². The van der Waals surface area contributed by atoms with Gasteiger partial charge in [0, 0.05) is 15.1 Å². The molecule has 0 atom stereocenters. The van der Waals surface area contributed by atoms with E-state index in [1.54, 1.807) is 36.4 Å². The molecule has 104 valence electrons. The SMILES string of the molecule is O=C(NCCOc1ccc(Cl)cc1)c1cccc(Br)c1. The first-order valence-electron chi connectivity index (χ1n) is 6.07. The number of benzene rings is 2. The smallest absolute Gasteiger partial charge is 0.251 e. The first kappa shape index (κ1) is 14.9. The van der Waals surface area contributed by atoms with Gasteiger partial charge in [-0.1, -0.05) is 33.6 Å². The Morgan fingerprint density at radius 2 is 1.95 bits per heavy atom. The van der Waals surface area contributed by atoms with Crippen LogP contribution in [-0.2, 0) is 0 Å². The standard InChI is InChI=1S/C15H13BrClNO2/c16-12-3-1-2-11(10-12)15(19)18-8-9-20-14-6-4-13(17)5-7-14/h1-7,10H,8-9H2,(H,18,19). The summed E-state index contributed by atoms with van der Waals surface area (Å²) < 4.78 is 6.37. The average molecular weight is 355 g/mol. The largest absolute Gasteiger partial charge is 0.492 e. The molecule has 0 radical (unpaired) electrons. The number of rotatable bonds is 5. The van der Waals surface area contributed by atoms with Crippen LogP contribution in [0.3, 0.4) is 0 Å². The van der Waals surface area contributed by atoms with Gasteiger partial charge in [-0.05, 0) is 42.5 Å². The maximum atomic E-state index is 11.8. The lowest BCUT2D eigenvalue weighted by atomic mass is 10.2. The van der Waals surface area contributed by atoms with Crippen molar-refractivity contribution >= 4 is 33.4 Å². The van der Waals surface area contributed by atoms with E-state index in [0.29, 0.717) is 23.7 Å². The molecule has 2 aromatic rings. The molecule has 0 aliphatic carbocycles. The van der Waals surface area contributed by atoms with Crippen molar-refractivity contribution in [2.24, 2.45) is 0 Å². The summed E-state index contributed by atoms with van der Waals surface area (Å²) in [6.45, 7) is 0.843. The summed E-state index contributed by atoms with van der Waals surface area (Å²) in [5.74, 6) is 0.608. The Labute approximate surface area is 131 Å². The van der Waals surface area contributed by atoms with Crippen LogP contribution in [-0.4, -0.2) is 19.1 Å². The van der Waals surface area contributed by atoms with Crippen LogP contribution < -0.4 is 10.1 Å². The van der Waals surface area contributed by atoms with Gasteiger partial charge in [-0.3, -0.25) is 4.79 Å². The molecule has 2 rings (SSSR count). The monoisotopic (exact) mass is 353 g/mol. The average Bonchev–Trinajstić information content (AvgIpc) is 2.45. The van der Waals surface area contributed by atoms with Gasteiger partial charge >= 0.3 is 0 Å². The molecule has 0 bridgehead atoms. The third-order valence-electron chi connectivity index (χ3n) is 2.56. The number of carbonyl (C=O) groups excluding carboxylic acids is 1. The van der Waals surface area contributed by atoms with E-state index in [2.05, 4.69) is 21.2 Å². The molecule has 5 heteroatoms. The van der Waals surface area contributed by atoms with Crippen molar-refractivity contribution in [2.45, 2.75) is 0 Å². The van der Waals surface area contributed by atoms with Crippen molar-refractivity contribution in [3.8, 4) is 5.75 Å². The lowest BCUT2D eigenvalue weighted by Gasteiger charge is -2.08. The third-order valence-corrected chi connectivity index (χ3v) is 3.30. The summed E-state index contributed by atoms with van der Waals surface area (Å²) >= 11 is 9.11. The molecule has 0 saturated heterocycles. The van der Waals surface area contributed by atoms with Crippen molar-refractivity contribution in [3.05, 3.63) is 63.6 Å². The molecule has 0 spiro atoms. The molecule has 0 aromatic heterocycles. The van der Waals surface area contributed by atoms with Gasteiger partial charge in [0.25, 0.3) is 5.91 Å². The fourth-order valence-electron chi connectivity index (χ4n) is 1.60. The number of hydrogen-bond donors (Lipinski definition) is 1. The molecule has 0 heterocycles. The van der Waals surface area contributed by atoms with Crippen molar-refractivity contribution < 1.29 is 9.53 Å². The van der Waals surface area contributed by atoms with E-state index in [1.165, 1.54) is 0 Å². The summed E-state index contributed by atoms with van der Waals surface area (Å²) in [6, 6.07) is 14.3. The van der Waals surface area contributed by atoms with Gasteiger partial charge < -0.3 is 10.1 Å². The lowest BCUT2D eigenvalue weighted by molar-refractivity contribution is 0.0947. The highest BCUT2D eigenvalue weighted by atomic mass is 79.9. The van der Waals surface area contributed by atoms with Crippen LogP contribution in [0.4, 0.5) is 0 Å². The Morgan fingerprint density at radius 3 is 2.65 bits per heavy atom. The minimum Gasteiger partial charge on any atom is -0.492 e. The van der Waals surface area contributed by atoms with Crippen molar-refractivity contribution in [1.29, 1.82) is 0 Å². The van der Waals surface area contributed by atoms with Crippen molar-refractivity contribution in [3.63, 3.8) is 0 Å². The van der Waals surface area contributed by atoms with E-state index in [1.807, 2.05) is 12.1 Å². The minimum absolute atomic E-state index is 0.119. The van der Waals surface area contributed by atoms with E-state index in [4.69, 9.17) is 16.3 Å². The van der Waals surface area contributed by atoms with Gasteiger partial charge in [0.15, 0.2) is 0 Å². The summed E-state index contributed by atoms with van der Waals surface area (Å²) in [6.07, 6.45) is 0. The fourth-order valence-corrected chi connectivity index (χ4v) is 2.12. The Kier molecular flexibility index (Phi) is 5.44. The molecule has 2 aromatic carbocycles. The second-order valence-electron chi connectivity index (χ2n) is 4.07. The summed E-state index contributed by atoms with van der Waals surface area (Å²) in [7, 11) is 0. The van der Waals surface area contributed by atoms with Crippen LogP contribution in [0.1, 0.15) is 10.4 Å². The van der Waals surface area contributed by atoms with Crippen LogP contribution in [0.15, 0.2) is 53.0 Å². The molecule has 0 aliphatic heterocycles. The molecule has 0 fully saturated rings. The van der Waals surface area contributed by atoms with Gasteiger partial charge in [0.2, 0.25) is 0 Å². The molecule has 0 saturated carbocycles. The zero-order valence-electron chi connectivity index (χ0n) is 10.6. The minimum atomic E-state index is -0.119. The third kappa shape index (κ3) is 4.54. The van der Waals surface area contributed by atoms with Gasteiger partial charge in [-0.2, -0.15) is 0 Å². The molecule has 0 aliphatic rings. The normalized spacial score (nSPS) is 10.1. The molecule has 1 N–H and O–H groups in total. The van der Waals surface area contributed by atoms with E-state index >= 15 is 0 Å². The predicted molar refractivity (Wildman–Crippen MR) is 83.4 cm³/mol. The molecule has 0 unspecified atom stereocenters. The van der Waals surface area contributed by atoms with Gasteiger partial charge in [-0.15, -0.1) is 0 Å². The van der Waals surface area contributed by atoms with Gasteiger partial charge in [-0.25, -0.2) is 0 Å². The summed E-state index contributed by atoms with van der Waals surface area (Å²) in [5.41, 5.74) is 0.617. The number of halogens is 2. The first-order chi connectivity index (χ1) is 9.65. The highest BCUT2D eigenvalue weighted by Crippen LogP contribution is 2.15. The second kappa shape index (κ2) is 7.31. The molecule has 1 amide bonds. The van der Waals surface area contributed by atoms with E-state index in [9.17, 15) is 4.79 Å². The Morgan fingerprint density at radius 1 is 1.20 bits per heavy atom. The number of hydrogen-bond acceptors (Lipinski definition) is 2. The molecule has 20 heavy (non-hydrogen) atoms. The summed E-state index contributed by atoms with van der Waals surface area (Å²) in [5, 5.41) is 3.46. The maximum Gasteiger partial charge on any atom is 0.251 e. The maximum absolute atomic E-state index is 11.8. The Hall–Kier alpha value is -1.52. The van der Waals surface area contributed by atoms with E-state index < -0.39 is 0 Å². The molecule has 3 nitrogen and oxygen atoms in total.